The maximum Gasteiger partial charge on any atom is 0.255 e. The van der Waals surface area contributed by atoms with Crippen molar-refractivity contribution in [1.82, 2.24) is 0 Å². The summed E-state index contributed by atoms with van der Waals surface area (Å²) in [4.78, 5) is 12.2. The highest BCUT2D eigenvalue weighted by Crippen LogP contribution is 2.32. The highest BCUT2D eigenvalue weighted by Gasteiger charge is 2.09. The number of benzene rings is 3. The summed E-state index contributed by atoms with van der Waals surface area (Å²) in [5.41, 5.74) is 3.24. The van der Waals surface area contributed by atoms with Crippen LogP contribution in [-0.2, 0) is 0 Å². The average Bonchev–Trinajstić information content (AvgIpc) is 2.53. The van der Waals surface area contributed by atoms with Gasteiger partial charge in [-0.05, 0) is 60.7 Å². The molecular weight excluding hydrogens is 274 g/mol. The van der Waals surface area contributed by atoms with Gasteiger partial charge >= 0.3 is 0 Å². The van der Waals surface area contributed by atoms with E-state index in [2.05, 4.69) is 5.32 Å². The Morgan fingerprint density at radius 2 is 1.73 bits per heavy atom. The molecule has 0 aliphatic carbocycles. The average molecular weight is 291 g/mol. The predicted octanol–water partition coefficient (Wildman–Crippen LogP) is 4.41. The fraction of sp³-hybridized carbons (Fsp3) is 0.105. The Kier molecular flexibility index (Phi) is 3.55. The molecule has 3 rings (SSSR count). The van der Waals surface area contributed by atoms with Gasteiger partial charge in [-0.2, -0.15) is 0 Å². The Labute approximate surface area is 129 Å². The van der Waals surface area contributed by atoms with E-state index < -0.39 is 0 Å². The third-order valence-electron chi connectivity index (χ3n) is 3.92. The van der Waals surface area contributed by atoms with E-state index in [1.165, 1.54) is 0 Å². The summed E-state index contributed by atoms with van der Waals surface area (Å²) in [6.07, 6.45) is 0. The van der Waals surface area contributed by atoms with E-state index in [-0.39, 0.29) is 5.91 Å². The largest absolute Gasteiger partial charge is 0.507 e. The molecule has 3 heteroatoms. The number of anilines is 1. The number of hydrogen-bond donors (Lipinski definition) is 2. The molecule has 0 atom stereocenters. The van der Waals surface area contributed by atoms with Crippen LogP contribution in [0.2, 0.25) is 0 Å². The molecule has 0 unspecified atom stereocenters. The van der Waals surface area contributed by atoms with Gasteiger partial charge in [-0.3, -0.25) is 4.79 Å². The van der Waals surface area contributed by atoms with Crippen molar-refractivity contribution in [2.75, 3.05) is 5.32 Å². The number of carbonyl (C=O) groups is 1. The van der Waals surface area contributed by atoms with Crippen LogP contribution in [0.4, 0.5) is 5.69 Å². The smallest absolute Gasteiger partial charge is 0.255 e. The molecule has 0 fully saturated rings. The van der Waals surface area contributed by atoms with Gasteiger partial charge in [0.05, 0.1) is 0 Å². The van der Waals surface area contributed by atoms with Gasteiger partial charge in [-0.1, -0.05) is 24.3 Å². The molecule has 1 amide bonds. The Morgan fingerprint density at radius 1 is 1.00 bits per heavy atom. The van der Waals surface area contributed by atoms with Crippen molar-refractivity contribution in [3.05, 3.63) is 71.3 Å². The van der Waals surface area contributed by atoms with Gasteiger partial charge in [-0.15, -0.1) is 0 Å². The fourth-order valence-electron chi connectivity index (χ4n) is 2.50. The van der Waals surface area contributed by atoms with Crippen molar-refractivity contribution >= 4 is 22.4 Å². The van der Waals surface area contributed by atoms with Gasteiger partial charge < -0.3 is 10.4 Å². The minimum Gasteiger partial charge on any atom is -0.507 e. The standard InChI is InChI=1S/C19H17NO2/c1-12-10-15-11-16(8-9-17(15)18(21)13(12)2)20-19(22)14-6-4-3-5-7-14/h3-11,21H,1-2H3,(H,20,22). The number of aromatic hydroxyl groups is 1. The van der Waals surface area contributed by atoms with E-state index in [0.717, 1.165) is 21.9 Å². The summed E-state index contributed by atoms with van der Waals surface area (Å²) in [5.74, 6) is 0.156. The molecule has 3 nitrogen and oxygen atoms in total. The zero-order valence-electron chi connectivity index (χ0n) is 12.6. The molecule has 2 N–H and O–H groups in total. The van der Waals surface area contributed by atoms with Crippen LogP contribution in [0, 0.1) is 13.8 Å². The Balaban J connectivity index is 1.96. The van der Waals surface area contributed by atoms with Crippen LogP contribution in [0.15, 0.2) is 54.6 Å². The van der Waals surface area contributed by atoms with Crippen molar-refractivity contribution in [2.24, 2.45) is 0 Å². The maximum absolute atomic E-state index is 12.2. The van der Waals surface area contributed by atoms with Crippen LogP contribution in [0.1, 0.15) is 21.5 Å². The first-order valence-corrected chi connectivity index (χ1v) is 7.15. The first-order valence-electron chi connectivity index (χ1n) is 7.15. The van der Waals surface area contributed by atoms with Gasteiger partial charge in [0.2, 0.25) is 0 Å². The van der Waals surface area contributed by atoms with Gasteiger partial charge in [0.1, 0.15) is 5.75 Å². The van der Waals surface area contributed by atoms with Gasteiger partial charge in [0.25, 0.3) is 5.91 Å². The summed E-state index contributed by atoms with van der Waals surface area (Å²) >= 11 is 0. The van der Waals surface area contributed by atoms with Crippen molar-refractivity contribution in [1.29, 1.82) is 0 Å². The number of phenolic OH excluding ortho intramolecular Hbond substituents is 1. The lowest BCUT2D eigenvalue weighted by molar-refractivity contribution is 0.102. The normalized spacial score (nSPS) is 10.6. The molecule has 0 aliphatic heterocycles. The summed E-state index contributed by atoms with van der Waals surface area (Å²) in [6, 6.07) is 16.6. The summed E-state index contributed by atoms with van der Waals surface area (Å²) in [6.45, 7) is 3.86. The quantitative estimate of drug-likeness (QED) is 0.734. The van der Waals surface area contributed by atoms with E-state index in [1.807, 2.05) is 50.2 Å². The topological polar surface area (TPSA) is 49.3 Å². The van der Waals surface area contributed by atoms with Crippen LogP contribution in [-0.4, -0.2) is 11.0 Å². The van der Waals surface area contributed by atoms with Crippen LogP contribution >= 0.6 is 0 Å². The molecule has 0 saturated heterocycles. The molecule has 0 radical (unpaired) electrons. The summed E-state index contributed by atoms with van der Waals surface area (Å²) in [5, 5.41) is 14.8. The molecule has 3 aromatic carbocycles. The van der Waals surface area contributed by atoms with Gasteiger partial charge in [0, 0.05) is 16.6 Å². The van der Waals surface area contributed by atoms with E-state index in [4.69, 9.17) is 0 Å². The lowest BCUT2D eigenvalue weighted by Gasteiger charge is -2.10. The van der Waals surface area contributed by atoms with Crippen molar-refractivity contribution < 1.29 is 9.90 Å². The molecule has 22 heavy (non-hydrogen) atoms. The minimum absolute atomic E-state index is 0.145. The summed E-state index contributed by atoms with van der Waals surface area (Å²) < 4.78 is 0. The number of amides is 1. The lowest BCUT2D eigenvalue weighted by Crippen LogP contribution is -2.11. The van der Waals surface area contributed by atoms with Crippen molar-refractivity contribution in [3.63, 3.8) is 0 Å². The molecule has 0 aromatic heterocycles. The molecule has 0 spiro atoms. The third-order valence-corrected chi connectivity index (χ3v) is 3.92. The maximum atomic E-state index is 12.2. The second kappa shape index (κ2) is 5.53. The number of fused-ring (bicyclic) bond motifs is 1. The third kappa shape index (κ3) is 2.53. The van der Waals surface area contributed by atoms with E-state index in [1.54, 1.807) is 18.2 Å². The fourth-order valence-corrected chi connectivity index (χ4v) is 2.50. The van der Waals surface area contributed by atoms with E-state index in [9.17, 15) is 9.90 Å². The van der Waals surface area contributed by atoms with Crippen molar-refractivity contribution in [2.45, 2.75) is 13.8 Å². The number of phenols is 1. The number of hydrogen-bond acceptors (Lipinski definition) is 2. The number of nitrogens with one attached hydrogen (secondary N) is 1. The highest BCUT2D eigenvalue weighted by molar-refractivity contribution is 6.05. The number of carbonyl (C=O) groups excluding carboxylic acids is 1. The SMILES string of the molecule is Cc1cc2cc(NC(=O)c3ccccc3)ccc2c(O)c1C. The Bertz CT molecular complexity index is 854. The van der Waals surface area contributed by atoms with E-state index >= 15 is 0 Å². The van der Waals surface area contributed by atoms with Gasteiger partial charge in [-0.25, -0.2) is 0 Å². The van der Waals surface area contributed by atoms with Crippen molar-refractivity contribution in [3.8, 4) is 5.75 Å². The number of rotatable bonds is 2. The monoisotopic (exact) mass is 291 g/mol. The number of aryl methyl sites for hydroxylation is 1. The van der Waals surface area contributed by atoms with Crippen LogP contribution < -0.4 is 5.32 Å². The molecule has 0 aliphatic rings. The second-order valence-corrected chi connectivity index (χ2v) is 5.42. The highest BCUT2D eigenvalue weighted by atomic mass is 16.3. The predicted molar refractivity (Wildman–Crippen MR) is 89.5 cm³/mol. The van der Waals surface area contributed by atoms with E-state index in [0.29, 0.717) is 17.0 Å². The molecule has 110 valence electrons. The van der Waals surface area contributed by atoms with Crippen LogP contribution in [0.3, 0.4) is 0 Å². The molecule has 0 bridgehead atoms. The minimum atomic E-state index is -0.145. The molecule has 3 aromatic rings. The molecule has 0 saturated carbocycles. The first-order chi connectivity index (χ1) is 10.6. The molecular formula is C19H17NO2. The van der Waals surface area contributed by atoms with Crippen LogP contribution in [0.25, 0.3) is 10.8 Å². The Morgan fingerprint density at radius 3 is 2.45 bits per heavy atom. The Hall–Kier alpha value is -2.81. The van der Waals surface area contributed by atoms with Crippen LogP contribution in [0.5, 0.6) is 5.75 Å². The zero-order valence-corrected chi connectivity index (χ0v) is 12.6. The second-order valence-electron chi connectivity index (χ2n) is 5.42. The summed E-state index contributed by atoms with van der Waals surface area (Å²) in [7, 11) is 0. The van der Waals surface area contributed by atoms with Gasteiger partial charge in [0.15, 0.2) is 0 Å². The molecule has 0 heterocycles. The lowest BCUT2D eigenvalue weighted by atomic mass is 10.0. The zero-order chi connectivity index (χ0) is 15.7. The first kappa shape index (κ1) is 14.1.